The number of carbonyl (C=O) groups is 1. The standard InChI is InChI=1S/C21H15BrCl3N5O2/c22-16-11-30(10-13-4-5-17(24)18(25)8-13)28-20(16)26-21(31)19-6-7-29(27-19)12-32-15-3-1-2-14(23)9-15/h1-9,11H,10,12H2,(H,26,28,31). The minimum absolute atomic E-state index is 0.135. The summed E-state index contributed by atoms with van der Waals surface area (Å²) in [7, 11) is 0. The van der Waals surface area contributed by atoms with Gasteiger partial charge in [-0.25, -0.2) is 4.68 Å². The van der Waals surface area contributed by atoms with E-state index >= 15 is 0 Å². The van der Waals surface area contributed by atoms with Gasteiger partial charge < -0.3 is 10.1 Å². The van der Waals surface area contributed by atoms with Crippen molar-refractivity contribution in [1.29, 1.82) is 0 Å². The summed E-state index contributed by atoms with van der Waals surface area (Å²) in [5, 5.41) is 12.9. The van der Waals surface area contributed by atoms with Gasteiger partial charge in [-0.3, -0.25) is 9.48 Å². The Balaban J connectivity index is 1.38. The molecule has 0 saturated carbocycles. The Hall–Kier alpha value is -2.52. The van der Waals surface area contributed by atoms with Gasteiger partial charge in [0.25, 0.3) is 5.91 Å². The molecule has 0 fully saturated rings. The topological polar surface area (TPSA) is 74.0 Å². The summed E-state index contributed by atoms with van der Waals surface area (Å²) in [6, 6.07) is 14.0. The number of halogens is 4. The Kier molecular flexibility index (Phi) is 7.05. The monoisotopic (exact) mass is 553 g/mol. The highest BCUT2D eigenvalue weighted by molar-refractivity contribution is 9.10. The molecule has 1 amide bonds. The van der Waals surface area contributed by atoms with Gasteiger partial charge in [0.2, 0.25) is 0 Å². The molecule has 4 rings (SSSR count). The lowest BCUT2D eigenvalue weighted by Gasteiger charge is -2.06. The van der Waals surface area contributed by atoms with Crippen molar-refractivity contribution in [3.05, 3.63) is 91.7 Å². The molecule has 32 heavy (non-hydrogen) atoms. The molecule has 4 aromatic rings. The number of rotatable bonds is 7. The van der Waals surface area contributed by atoms with Crippen LogP contribution in [-0.2, 0) is 13.3 Å². The zero-order valence-electron chi connectivity index (χ0n) is 16.3. The molecule has 2 aromatic heterocycles. The largest absolute Gasteiger partial charge is 0.471 e. The van der Waals surface area contributed by atoms with Crippen molar-refractivity contribution in [3.8, 4) is 5.75 Å². The third-order valence-electron chi connectivity index (χ3n) is 4.31. The Bertz CT molecular complexity index is 1270. The predicted molar refractivity (Wildman–Crippen MR) is 128 cm³/mol. The van der Waals surface area contributed by atoms with Gasteiger partial charge in [-0.15, -0.1) is 0 Å². The Morgan fingerprint density at radius 1 is 1.03 bits per heavy atom. The fourth-order valence-electron chi connectivity index (χ4n) is 2.81. The molecule has 1 N–H and O–H groups in total. The average Bonchev–Trinajstić information content (AvgIpc) is 3.36. The minimum atomic E-state index is -0.396. The van der Waals surface area contributed by atoms with Crippen molar-refractivity contribution in [2.24, 2.45) is 0 Å². The number of nitrogens with zero attached hydrogens (tertiary/aromatic N) is 4. The molecule has 164 valence electrons. The van der Waals surface area contributed by atoms with E-state index in [-0.39, 0.29) is 12.4 Å². The second-order valence-electron chi connectivity index (χ2n) is 6.70. The van der Waals surface area contributed by atoms with Crippen molar-refractivity contribution in [1.82, 2.24) is 19.6 Å². The summed E-state index contributed by atoms with van der Waals surface area (Å²) in [6.07, 6.45) is 3.41. The van der Waals surface area contributed by atoms with Crippen LogP contribution in [0.1, 0.15) is 16.1 Å². The van der Waals surface area contributed by atoms with Crippen molar-refractivity contribution < 1.29 is 9.53 Å². The number of aromatic nitrogens is 4. The number of carbonyl (C=O) groups excluding carboxylic acids is 1. The summed E-state index contributed by atoms with van der Waals surface area (Å²) in [5.74, 6) is 0.585. The van der Waals surface area contributed by atoms with Gasteiger partial charge in [-0.05, 0) is 57.9 Å². The molecule has 0 aliphatic rings. The molecular formula is C21H15BrCl3N5O2. The molecule has 2 heterocycles. The van der Waals surface area contributed by atoms with Gasteiger partial charge in [0.05, 0.1) is 21.1 Å². The Morgan fingerprint density at radius 2 is 1.88 bits per heavy atom. The molecule has 0 saturated heterocycles. The summed E-state index contributed by atoms with van der Waals surface area (Å²) in [4.78, 5) is 12.6. The molecule has 0 aliphatic carbocycles. The molecular weight excluding hydrogens is 541 g/mol. The second kappa shape index (κ2) is 9.95. The lowest BCUT2D eigenvalue weighted by atomic mass is 10.2. The fraction of sp³-hybridized carbons (Fsp3) is 0.0952. The number of anilines is 1. The lowest BCUT2D eigenvalue weighted by Crippen LogP contribution is -2.15. The first-order valence-electron chi connectivity index (χ1n) is 9.27. The van der Waals surface area contributed by atoms with E-state index in [4.69, 9.17) is 39.5 Å². The van der Waals surface area contributed by atoms with Crippen molar-refractivity contribution >= 4 is 62.5 Å². The number of hydrogen-bond donors (Lipinski definition) is 1. The van der Waals surface area contributed by atoms with Gasteiger partial charge in [0.15, 0.2) is 18.2 Å². The zero-order valence-corrected chi connectivity index (χ0v) is 20.2. The number of nitrogens with one attached hydrogen (secondary N) is 1. The van der Waals surface area contributed by atoms with Gasteiger partial charge in [-0.2, -0.15) is 10.2 Å². The first-order valence-corrected chi connectivity index (χ1v) is 11.2. The average molecular weight is 556 g/mol. The Labute approximate surface area is 207 Å². The lowest BCUT2D eigenvalue weighted by molar-refractivity contribution is 0.101. The van der Waals surface area contributed by atoms with Crippen LogP contribution in [0.25, 0.3) is 0 Å². The van der Waals surface area contributed by atoms with Crippen LogP contribution in [0.2, 0.25) is 15.1 Å². The molecule has 11 heteroatoms. The van der Waals surface area contributed by atoms with E-state index in [1.165, 1.54) is 4.68 Å². The first-order chi connectivity index (χ1) is 15.4. The van der Waals surface area contributed by atoms with Crippen LogP contribution in [0.3, 0.4) is 0 Å². The maximum Gasteiger partial charge on any atom is 0.277 e. The molecule has 0 spiro atoms. The van der Waals surface area contributed by atoms with E-state index < -0.39 is 5.91 Å². The highest BCUT2D eigenvalue weighted by Gasteiger charge is 2.15. The Morgan fingerprint density at radius 3 is 2.66 bits per heavy atom. The van der Waals surface area contributed by atoms with Gasteiger partial charge in [0, 0.05) is 17.4 Å². The van der Waals surface area contributed by atoms with Crippen LogP contribution in [0, 0.1) is 0 Å². The van der Waals surface area contributed by atoms with Crippen LogP contribution < -0.4 is 10.1 Å². The summed E-state index contributed by atoms with van der Waals surface area (Å²) in [5.41, 5.74) is 1.15. The zero-order chi connectivity index (χ0) is 22.7. The van der Waals surface area contributed by atoms with Crippen LogP contribution in [0.15, 0.2) is 65.4 Å². The summed E-state index contributed by atoms with van der Waals surface area (Å²) in [6.45, 7) is 0.594. The maximum absolute atomic E-state index is 12.6. The molecule has 2 aromatic carbocycles. The van der Waals surface area contributed by atoms with Crippen molar-refractivity contribution in [2.45, 2.75) is 13.3 Å². The van der Waals surface area contributed by atoms with Crippen LogP contribution >= 0.6 is 50.7 Å². The molecule has 0 atom stereocenters. The SMILES string of the molecule is O=C(Nc1nn(Cc2ccc(Cl)c(Cl)c2)cc1Br)c1ccn(COc2cccc(Cl)c2)n1. The van der Waals surface area contributed by atoms with E-state index in [1.54, 1.807) is 59.5 Å². The van der Waals surface area contributed by atoms with Crippen LogP contribution in [0.4, 0.5) is 5.82 Å². The van der Waals surface area contributed by atoms with Gasteiger partial charge in [-0.1, -0.05) is 46.9 Å². The van der Waals surface area contributed by atoms with E-state index in [0.717, 1.165) is 5.56 Å². The highest BCUT2D eigenvalue weighted by Crippen LogP contribution is 2.25. The molecule has 0 aliphatic heterocycles. The summed E-state index contributed by atoms with van der Waals surface area (Å²) >= 11 is 21.4. The first kappa shape index (κ1) is 22.7. The number of benzene rings is 2. The minimum Gasteiger partial charge on any atom is -0.471 e. The normalized spacial score (nSPS) is 10.9. The fourth-order valence-corrected chi connectivity index (χ4v) is 3.73. The van der Waals surface area contributed by atoms with Crippen molar-refractivity contribution in [2.75, 3.05) is 5.32 Å². The quantitative estimate of drug-likeness (QED) is 0.297. The van der Waals surface area contributed by atoms with Gasteiger partial charge >= 0.3 is 0 Å². The third-order valence-corrected chi connectivity index (χ3v) is 5.86. The molecule has 0 unspecified atom stereocenters. The maximum atomic E-state index is 12.6. The van der Waals surface area contributed by atoms with Crippen LogP contribution in [-0.4, -0.2) is 25.5 Å². The van der Waals surface area contributed by atoms with Gasteiger partial charge in [0.1, 0.15) is 5.75 Å². The van der Waals surface area contributed by atoms with E-state index in [1.807, 2.05) is 6.07 Å². The summed E-state index contributed by atoms with van der Waals surface area (Å²) < 4.78 is 9.44. The van der Waals surface area contributed by atoms with Crippen molar-refractivity contribution in [3.63, 3.8) is 0 Å². The number of hydrogen-bond acceptors (Lipinski definition) is 4. The third kappa shape index (κ3) is 5.63. The highest BCUT2D eigenvalue weighted by atomic mass is 79.9. The number of ether oxygens (including phenoxy) is 1. The molecule has 7 nitrogen and oxygen atoms in total. The number of amides is 1. The predicted octanol–water partition coefficient (Wildman–Crippen LogP) is 6.14. The molecule has 0 radical (unpaired) electrons. The van der Waals surface area contributed by atoms with Crippen LogP contribution in [0.5, 0.6) is 5.75 Å². The van der Waals surface area contributed by atoms with E-state index in [0.29, 0.717) is 37.7 Å². The smallest absolute Gasteiger partial charge is 0.277 e. The molecule has 0 bridgehead atoms. The van der Waals surface area contributed by atoms with E-state index in [2.05, 4.69) is 31.4 Å². The van der Waals surface area contributed by atoms with E-state index in [9.17, 15) is 4.79 Å². The second-order valence-corrected chi connectivity index (χ2v) is 8.80.